The molecule has 0 saturated carbocycles. The van der Waals surface area contributed by atoms with E-state index in [0.29, 0.717) is 5.02 Å². The molecule has 2 aromatic heterocycles. The number of hydrogen-bond acceptors (Lipinski definition) is 3. The number of hydrogen-bond donors (Lipinski definition) is 1. The Kier molecular flexibility index (Phi) is 3.69. The quantitative estimate of drug-likeness (QED) is 0.806. The summed E-state index contributed by atoms with van der Waals surface area (Å²) in [5, 5.41) is 0.670. The SMILES string of the molecule is NC(c1ccc(Cl)cc1)(c1ccccn1)c1ccccn1. The van der Waals surface area contributed by atoms with E-state index in [0.717, 1.165) is 17.0 Å². The second-order valence-corrected chi connectivity index (χ2v) is 5.18. The van der Waals surface area contributed by atoms with Gasteiger partial charge in [-0.2, -0.15) is 0 Å². The lowest BCUT2D eigenvalue weighted by Gasteiger charge is -2.29. The Balaban J connectivity index is 2.23. The highest BCUT2D eigenvalue weighted by molar-refractivity contribution is 6.30. The van der Waals surface area contributed by atoms with Crippen molar-refractivity contribution in [2.45, 2.75) is 5.54 Å². The molecule has 0 aliphatic rings. The number of rotatable bonds is 3. The smallest absolute Gasteiger partial charge is 0.127 e. The Hall–Kier alpha value is -2.23. The molecular weight excluding hydrogens is 282 g/mol. The van der Waals surface area contributed by atoms with Crippen LogP contribution in [0.1, 0.15) is 17.0 Å². The van der Waals surface area contributed by atoms with Crippen molar-refractivity contribution in [3.8, 4) is 0 Å². The average molecular weight is 296 g/mol. The number of aromatic nitrogens is 2. The molecule has 0 aliphatic carbocycles. The third-order valence-electron chi connectivity index (χ3n) is 3.44. The summed E-state index contributed by atoms with van der Waals surface area (Å²) in [6.45, 7) is 0. The lowest BCUT2D eigenvalue weighted by molar-refractivity contribution is 0.607. The number of nitrogens with zero attached hydrogens (tertiary/aromatic N) is 2. The fraction of sp³-hybridized carbons (Fsp3) is 0.0588. The Labute approximate surface area is 128 Å². The van der Waals surface area contributed by atoms with Crippen molar-refractivity contribution in [2.75, 3.05) is 0 Å². The maximum atomic E-state index is 6.74. The zero-order valence-corrected chi connectivity index (χ0v) is 12.0. The second kappa shape index (κ2) is 5.64. The Morgan fingerprint density at radius 1 is 0.762 bits per heavy atom. The van der Waals surface area contributed by atoms with Crippen LogP contribution in [0.3, 0.4) is 0 Å². The van der Waals surface area contributed by atoms with Crippen LogP contribution in [0.25, 0.3) is 0 Å². The molecule has 3 aromatic rings. The van der Waals surface area contributed by atoms with Crippen LogP contribution in [0, 0.1) is 0 Å². The fourth-order valence-electron chi connectivity index (χ4n) is 2.33. The summed E-state index contributed by atoms with van der Waals surface area (Å²) in [7, 11) is 0. The van der Waals surface area contributed by atoms with Crippen molar-refractivity contribution in [1.82, 2.24) is 9.97 Å². The normalized spacial score (nSPS) is 11.3. The zero-order valence-electron chi connectivity index (χ0n) is 11.3. The Morgan fingerprint density at radius 3 is 1.71 bits per heavy atom. The van der Waals surface area contributed by atoms with Crippen molar-refractivity contribution >= 4 is 11.6 Å². The number of nitrogens with two attached hydrogens (primary N) is 1. The van der Waals surface area contributed by atoms with Crippen LogP contribution in [0.5, 0.6) is 0 Å². The van der Waals surface area contributed by atoms with Gasteiger partial charge in [0.2, 0.25) is 0 Å². The summed E-state index contributed by atoms with van der Waals surface area (Å²) in [6.07, 6.45) is 3.46. The molecule has 21 heavy (non-hydrogen) atoms. The van der Waals surface area contributed by atoms with E-state index in [1.54, 1.807) is 12.4 Å². The Bertz CT molecular complexity index is 673. The van der Waals surface area contributed by atoms with Crippen molar-refractivity contribution in [1.29, 1.82) is 0 Å². The molecule has 0 saturated heterocycles. The Morgan fingerprint density at radius 2 is 1.29 bits per heavy atom. The topological polar surface area (TPSA) is 51.8 Å². The van der Waals surface area contributed by atoms with Crippen molar-refractivity contribution in [3.63, 3.8) is 0 Å². The van der Waals surface area contributed by atoms with E-state index in [4.69, 9.17) is 17.3 Å². The minimum atomic E-state index is -0.910. The van der Waals surface area contributed by atoms with E-state index in [2.05, 4.69) is 9.97 Å². The van der Waals surface area contributed by atoms with Gasteiger partial charge in [0.15, 0.2) is 0 Å². The molecule has 2 N–H and O–H groups in total. The predicted octanol–water partition coefficient (Wildman–Crippen LogP) is 3.38. The fourth-order valence-corrected chi connectivity index (χ4v) is 2.46. The lowest BCUT2D eigenvalue weighted by Crippen LogP contribution is -2.40. The van der Waals surface area contributed by atoms with E-state index >= 15 is 0 Å². The van der Waals surface area contributed by atoms with Gasteiger partial charge in [-0.05, 0) is 42.0 Å². The maximum absolute atomic E-state index is 6.74. The van der Waals surface area contributed by atoms with Crippen LogP contribution in [-0.2, 0) is 5.54 Å². The van der Waals surface area contributed by atoms with Gasteiger partial charge < -0.3 is 5.73 Å². The molecule has 0 radical (unpaired) electrons. The molecule has 0 spiro atoms. The molecule has 2 heterocycles. The van der Waals surface area contributed by atoms with Crippen molar-refractivity contribution in [2.24, 2.45) is 5.73 Å². The third kappa shape index (κ3) is 2.53. The first-order valence-electron chi connectivity index (χ1n) is 6.59. The maximum Gasteiger partial charge on any atom is 0.127 e. The van der Waals surface area contributed by atoms with Gasteiger partial charge in [-0.15, -0.1) is 0 Å². The monoisotopic (exact) mass is 295 g/mol. The van der Waals surface area contributed by atoms with Gasteiger partial charge >= 0.3 is 0 Å². The summed E-state index contributed by atoms with van der Waals surface area (Å²) >= 11 is 5.98. The molecule has 1 aromatic carbocycles. The summed E-state index contributed by atoms with van der Waals surface area (Å²) in [4.78, 5) is 8.86. The molecule has 3 rings (SSSR count). The van der Waals surface area contributed by atoms with Crippen LogP contribution in [0.15, 0.2) is 73.1 Å². The molecule has 0 unspecified atom stereocenters. The molecule has 0 bridgehead atoms. The van der Waals surface area contributed by atoms with Gasteiger partial charge in [0.05, 0.1) is 11.4 Å². The van der Waals surface area contributed by atoms with Gasteiger partial charge in [-0.3, -0.25) is 9.97 Å². The van der Waals surface area contributed by atoms with Crippen molar-refractivity contribution in [3.05, 3.63) is 95.0 Å². The molecule has 0 atom stereocenters. The van der Waals surface area contributed by atoms with Gasteiger partial charge in [0, 0.05) is 17.4 Å². The average Bonchev–Trinajstić information content (AvgIpc) is 2.56. The number of benzene rings is 1. The molecule has 0 fully saturated rings. The van der Waals surface area contributed by atoms with E-state index in [9.17, 15) is 0 Å². The van der Waals surface area contributed by atoms with E-state index < -0.39 is 5.54 Å². The molecule has 3 nitrogen and oxygen atoms in total. The van der Waals surface area contributed by atoms with E-state index in [1.165, 1.54) is 0 Å². The van der Waals surface area contributed by atoms with Crippen molar-refractivity contribution < 1.29 is 0 Å². The van der Waals surface area contributed by atoms with Crippen LogP contribution in [0.2, 0.25) is 5.02 Å². The second-order valence-electron chi connectivity index (χ2n) is 4.74. The van der Waals surface area contributed by atoms with E-state index in [1.807, 2.05) is 60.7 Å². The molecule has 0 amide bonds. The summed E-state index contributed by atoms with van der Waals surface area (Å²) in [5.41, 5.74) is 8.21. The first kappa shape index (κ1) is 13.7. The van der Waals surface area contributed by atoms with Crippen LogP contribution in [0.4, 0.5) is 0 Å². The van der Waals surface area contributed by atoms with E-state index in [-0.39, 0.29) is 0 Å². The minimum absolute atomic E-state index is 0.670. The molecule has 104 valence electrons. The standard InChI is InChI=1S/C17H14ClN3/c18-14-9-7-13(8-10-14)17(19,15-5-1-3-11-20-15)16-6-2-4-12-21-16/h1-12H,19H2. The molecule has 4 heteroatoms. The zero-order chi connectivity index (χ0) is 14.7. The van der Waals surface area contributed by atoms with Crippen LogP contribution < -0.4 is 5.73 Å². The van der Waals surface area contributed by atoms with Crippen LogP contribution >= 0.6 is 11.6 Å². The minimum Gasteiger partial charge on any atom is -0.311 e. The van der Waals surface area contributed by atoms with Gasteiger partial charge in [-0.1, -0.05) is 35.9 Å². The number of halogens is 1. The highest BCUT2D eigenvalue weighted by Crippen LogP contribution is 2.32. The molecule has 0 aliphatic heterocycles. The van der Waals surface area contributed by atoms with Gasteiger partial charge in [0.25, 0.3) is 0 Å². The predicted molar refractivity (Wildman–Crippen MR) is 84.0 cm³/mol. The highest BCUT2D eigenvalue weighted by atomic mass is 35.5. The lowest BCUT2D eigenvalue weighted by atomic mass is 9.83. The third-order valence-corrected chi connectivity index (χ3v) is 3.69. The first-order valence-corrected chi connectivity index (χ1v) is 6.97. The summed E-state index contributed by atoms with van der Waals surface area (Å²) in [5.74, 6) is 0. The summed E-state index contributed by atoms with van der Waals surface area (Å²) < 4.78 is 0. The first-order chi connectivity index (χ1) is 10.2. The summed E-state index contributed by atoms with van der Waals surface area (Å²) in [6, 6.07) is 18.8. The van der Waals surface area contributed by atoms with Gasteiger partial charge in [-0.25, -0.2) is 0 Å². The van der Waals surface area contributed by atoms with Crippen LogP contribution in [-0.4, -0.2) is 9.97 Å². The molecular formula is C17H14ClN3. The number of pyridine rings is 2. The van der Waals surface area contributed by atoms with Gasteiger partial charge in [0.1, 0.15) is 5.54 Å². The highest BCUT2D eigenvalue weighted by Gasteiger charge is 2.34. The largest absolute Gasteiger partial charge is 0.311 e.